The van der Waals surface area contributed by atoms with Crippen molar-refractivity contribution in [2.45, 2.75) is 13.3 Å². The Labute approximate surface area is 89.7 Å². The number of rotatable bonds is 0. The Morgan fingerprint density at radius 1 is 1.33 bits per heavy atom. The molecule has 0 saturated carbocycles. The highest BCUT2D eigenvalue weighted by molar-refractivity contribution is 6.78. The van der Waals surface area contributed by atoms with Gasteiger partial charge in [0.15, 0.2) is 5.78 Å². The van der Waals surface area contributed by atoms with Crippen LogP contribution in [-0.4, -0.2) is 17.4 Å². The maximum Gasteiger partial charge on any atom is 0.326 e. The van der Waals surface area contributed by atoms with Crippen molar-refractivity contribution in [1.29, 1.82) is 0 Å². The Bertz CT molecular complexity index is 445. The van der Waals surface area contributed by atoms with Crippen LogP contribution >= 0.6 is 0 Å². The maximum atomic E-state index is 12.0. The second kappa shape index (κ2) is 2.99. The summed E-state index contributed by atoms with van der Waals surface area (Å²) in [5, 5.41) is 0. The van der Waals surface area contributed by atoms with E-state index in [2.05, 4.69) is 17.0 Å². The van der Waals surface area contributed by atoms with E-state index in [4.69, 9.17) is 0 Å². The third-order valence-corrected chi connectivity index (χ3v) is 3.32. The minimum absolute atomic E-state index is 0.138. The van der Waals surface area contributed by atoms with Crippen molar-refractivity contribution >= 4 is 12.6 Å². The average Bonchev–Trinajstić information content (AvgIpc) is 2.26. The Hall–Kier alpha value is -1.51. The van der Waals surface area contributed by atoms with Gasteiger partial charge in [0.25, 0.3) is 0 Å². The van der Waals surface area contributed by atoms with Crippen LogP contribution in [0.5, 0.6) is 0 Å². The predicted molar refractivity (Wildman–Crippen MR) is 60.8 cm³/mol. The molecule has 0 radical (unpaired) electrons. The van der Waals surface area contributed by atoms with Gasteiger partial charge in [-0.15, -0.1) is 0 Å². The number of nitrogens with zero attached hydrogens (tertiary/aromatic N) is 1. The number of carbonyl (C=O) groups excluding carboxylic acids is 1. The molecule has 0 aromatic rings. The first-order valence-corrected chi connectivity index (χ1v) is 5.34. The molecule has 0 bridgehead atoms. The second-order valence-electron chi connectivity index (χ2n) is 4.37. The van der Waals surface area contributed by atoms with Crippen LogP contribution in [0.25, 0.3) is 0 Å². The predicted octanol–water partition coefficient (Wildman–Crippen LogP) is 1.87. The lowest BCUT2D eigenvalue weighted by atomic mass is 9.40. The van der Waals surface area contributed by atoms with Gasteiger partial charge in [-0.3, -0.25) is 4.79 Å². The van der Waals surface area contributed by atoms with E-state index in [1.54, 1.807) is 0 Å². The molecule has 0 aromatic carbocycles. The zero-order chi connectivity index (χ0) is 10.4. The van der Waals surface area contributed by atoms with Crippen LogP contribution in [0.4, 0.5) is 0 Å². The van der Waals surface area contributed by atoms with Gasteiger partial charge >= 0.3 is 6.85 Å². The molecular weight excluding hydrogens is 185 g/mol. The Kier molecular flexibility index (Phi) is 1.75. The van der Waals surface area contributed by atoms with Crippen LogP contribution < -0.4 is 0 Å². The number of Topliss-reactive ketones (excluding diaryl/α,β-unsaturated/α-hetero) is 1. The largest absolute Gasteiger partial charge is 0.389 e. The molecule has 1 fully saturated rings. The van der Waals surface area contributed by atoms with E-state index in [9.17, 15) is 4.79 Å². The molecule has 3 heteroatoms. The summed E-state index contributed by atoms with van der Waals surface area (Å²) in [5.74, 6) is 0.445. The van der Waals surface area contributed by atoms with Crippen LogP contribution in [0.3, 0.4) is 0 Å². The van der Waals surface area contributed by atoms with E-state index in [1.807, 2.05) is 31.5 Å². The van der Waals surface area contributed by atoms with E-state index in [-0.39, 0.29) is 12.8 Å². The molecule has 0 spiro atoms. The molecule has 0 N–H and O–H groups in total. The monoisotopic (exact) mass is 197 g/mol. The van der Waals surface area contributed by atoms with E-state index in [0.29, 0.717) is 5.78 Å². The zero-order valence-corrected chi connectivity index (χ0v) is 8.68. The van der Waals surface area contributed by atoms with Crippen LogP contribution in [0.15, 0.2) is 47.6 Å². The molecule has 3 aliphatic rings. The van der Waals surface area contributed by atoms with Gasteiger partial charge in [-0.2, -0.15) is 0 Å². The van der Waals surface area contributed by atoms with Crippen molar-refractivity contribution in [3.63, 3.8) is 0 Å². The molecule has 1 unspecified atom stereocenters. The normalized spacial score (nSPS) is 27.5. The average molecular weight is 197 g/mol. The number of carbonyl (C=O) groups is 1. The first-order chi connectivity index (χ1) is 7.27. The summed E-state index contributed by atoms with van der Waals surface area (Å²) >= 11 is 0. The fourth-order valence-corrected chi connectivity index (χ4v) is 2.60. The Morgan fingerprint density at radius 2 is 2.07 bits per heavy atom. The molecule has 0 aliphatic carbocycles. The fourth-order valence-electron chi connectivity index (χ4n) is 2.60. The van der Waals surface area contributed by atoms with Gasteiger partial charge in [0, 0.05) is 5.92 Å². The second-order valence-corrected chi connectivity index (χ2v) is 4.37. The summed E-state index contributed by atoms with van der Waals surface area (Å²) in [6.07, 6.45) is 13.1. The van der Waals surface area contributed by atoms with Gasteiger partial charge in [-0.1, -0.05) is 24.5 Å². The summed E-state index contributed by atoms with van der Waals surface area (Å²) in [4.78, 5) is 14.1. The molecule has 1 saturated heterocycles. The lowest BCUT2D eigenvalue weighted by molar-refractivity contribution is -0.118. The van der Waals surface area contributed by atoms with Gasteiger partial charge in [-0.25, -0.2) is 0 Å². The maximum absolute atomic E-state index is 12.0. The summed E-state index contributed by atoms with van der Waals surface area (Å²) in [6.45, 7) is 2.20. The summed E-state index contributed by atoms with van der Waals surface area (Å²) in [5.41, 5.74) is 2.31. The van der Waals surface area contributed by atoms with E-state index >= 15 is 0 Å². The number of ketones is 1. The number of allylic oxidation sites excluding steroid dienone is 6. The van der Waals surface area contributed by atoms with Crippen LogP contribution in [-0.2, 0) is 4.79 Å². The minimum Gasteiger partial charge on any atom is -0.389 e. The van der Waals surface area contributed by atoms with E-state index in [0.717, 1.165) is 11.9 Å². The van der Waals surface area contributed by atoms with E-state index in [1.165, 1.54) is 5.47 Å². The summed E-state index contributed by atoms with van der Waals surface area (Å²) in [6, 6.07) is 0. The van der Waals surface area contributed by atoms with Crippen molar-refractivity contribution in [3.8, 4) is 0 Å². The highest BCUT2D eigenvalue weighted by atomic mass is 16.1. The summed E-state index contributed by atoms with van der Waals surface area (Å²) in [7, 11) is 0. The van der Waals surface area contributed by atoms with Crippen molar-refractivity contribution in [2.75, 3.05) is 0 Å². The molecular formula is C12H12BNO. The molecule has 15 heavy (non-hydrogen) atoms. The van der Waals surface area contributed by atoms with E-state index < -0.39 is 0 Å². The molecule has 2 nitrogen and oxygen atoms in total. The van der Waals surface area contributed by atoms with Crippen molar-refractivity contribution < 1.29 is 4.79 Å². The van der Waals surface area contributed by atoms with Crippen molar-refractivity contribution in [3.05, 3.63) is 47.6 Å². The molecule has 0 amide bonds. The molecule has 3 heterocycles. The standard InChI is InChI=1S/C12H12BNO/c1-9-8-10-4-2-6-14-7-3-5-11(12(9)15)13(10)14/h2-7,9H,8H2,1H3. The molecule has 1 atom stereocenters. The van der Waals surface area contributed by atoms with Gasteiger partial charge in [-0.05, 0) is 36.4 Å². The lowest BCUT2D eigenvalue weighted by Gasteiger charge is -2.37. The Balaban J connectivity index is 2.12. The fraction of sp³-hybridized carbons (Fsp3) is 0.250. The Morgan fingerprint density at radius 3 is 2.87 bits per heavy atom. The number of hydrogen-bond donors (Lipinski definition) is 0. The van der Waals surface area contributed by atoms with Gasteiger partial charge in [0.05, 0.1) is 0 Å². The summed E-state index contributed by atoms with van der Waals surface area (Å²) < 4.78 is 0. The first kappa shape index (κ1) is 8.78. The van der Waals surface area contributed by atoms with Crippen molar-refractivity contribution in [1.82, 2.24) is 4.81 Å². The molecule has 74 valence electrons. The molecule has 3 rings (SSSR count). The topological polar surface area (TPSA) is 20.3 Å². The van der Waals surface area contributed by atoms with Crippen LogP contribution in [0.2, 0.25) is 0 Å². The third kappa shape index (κ3) is 1.16. The quantitative estimate of drug-likeness (QED) is 0.552. The first-order valence-electron chi connectivity index (χ1n) is 5.34. The third-order valence-electron chi connectivity index (χ3n) is 3.32. The van der Waals surface area contributed by atoms with Crippen LogP contribution in [0.1, 0.15) is 13.3 Å². The highest BCUT2D eigenvalue weighted by Gasteiger charge is 2.41. The highest BCUT2D eigenvalue weighted by Crippen LogP contribution is 2.34. The molecule has 0 aromatic heterocycles. The minimum atomic E-state index is 0.138. The lowest BCUT2D eigenvalue weighted by Crippen LogP contribution is -2.46. The van der Waals surface area contributed by atoms with Gasteiger partial charge in [0.2, 0.25) is 0 Å². The smallest absolute Gasteiger partial charge is 0.326 e. The SMILES string of the molecule is CC1CC2=CC=CN3C=CC=C(B23)C1=O. The van der Waals surface area contributed by atoms with Crippen LogP contribution in [0, 0.1) is 5.92 Å². The van der Waals surface area contributed by atoms with Gasteiger partial charge in [0.1, 0.15) is 0 Å². The van der Waals surface area contributed by atoms with Gasteiger partial charge < -0.3 is 4.81 Å². The van der Waals surface area contributed by atoms with Crippen molar-refractivity contribution in [2.24, 2.45) is 5.92 Å². The zero-order valence-electron chi connectivity index (χ0n) is 8.68. The number of hydrogen-bond acceptors (Lipinski definition) is 2. The molecule has 3 aliphatic heterocycles.